The molecule has 0 atom stereocenters. The Kier molecular flexibility index (Phi) is 3.20. The summed E-state index contributed by atoms with van der Waals surface area (Å²) < 4.78 is 13.3. The summed E-state index contributed by atoms with van der Waals surface area (Å²) in [7, 11) is 0. The average Bonchev–Trinajstić information content (AvgIpc) is 2.98. The molecule has 0 aliphatic heterocycles. The number of halogens is 1. The van der Waals surface area contributed by atoms with Gasteiger partial charge in [0.1, 0.15) is 11.6 Å². The van der Waals surface area contributed by atoms with Crippen molar-refractivity contribution in [3.8, 4) is 11.1 Å². The molecule has 0 saturated carbocycles. The molecule has 0 radical (unpaired) electrons. The van der Waals surface area contributed by atoms with Crippen LogP contribution in [0.25, 0.3) is 22.2 Å². The highest BCUT2D eigenvalue weighted by atomic mass is 19.1. The number of benzene rings is 1. The summed E-state index contributed by atoms with van der Waals surface area (Å²) in [4.78, 5) is 8.47. The zero-order chi connectivity index (χ0) is 15.6. The van der Waals surface area contributed by atoms with Gasteiger partial charge < -0.3 is 5.32 Å². The lowest BCUT2D eigenvalue weighted by Crippen LogP contribution is -1.92. The van der Waals surface area contributed by atoms with Gasteiger partial charge in [0.15, 0.2) is 5.65 Å². The quantitative estimate of drug-likeness (QED) is 0.602. The van der Waals surface area contributed by atoms with Crippen molar-refractivity contribution in [1.82, 2.24) is 20.2 Å². The zero-order valence-corrected chi connectivity index (χ0v) is 12.0. The number of hydrogen-bond acceptors (Lipinski definition) is 4. The molecule has 2 N–H and O–H groups in total. The molecule has 0 fully saturated rings. The van der Waals surface area contributed by atoms with Gasteiger partial charge in [-0.05, 0) is 30.3 Å². The van der Waals surface area contributed by atoms with E-state index in [0.717, 1.165) is 16.5 Å². The molecule has 0 spiro atoms. The number of fused-ring (bicyclic) bond motifs is 1. The Bertz CT molecular complexity index is 965. The Balaban J connectivity index is 1.76. The van der Waals surface area contributed by atoms with Crippen LogP contribution in [0.15, 0.2) is 61.1 Å². The first-order valence-corrected chi connectivity index (χ1v) is 7.07. The Morgan fingerprint density at radius 1 is 1.00 bits per heavy atom. The van der Waals surface area contributed by atoms with Crippen LogP contribution < -0.4 is 5.32 Å². The van der Waals surface area contributed by atoms with Gasteiger partial charge in [-0.15, -0.1) is 0 Å². The maximum atomic E-state index is 13.3. The Labute approximate surface area is 131 Å². The van der Waals surface area contributed by atoms with Crippen molar-refractivity contribution in [1.29, 1.82) is 0 Å². The van der Waals surface area contributed by atoms with Crippen molar-refractivity contribution in [3.05, 3.63) is 66.9 Å². The summed E-state index contributed by atoms with van der Waals surface area (Å²) in [5.41, 5.74) is 3.15. The van der Waals surface area contributed by atoms with Crippen LogP contribution in [0, 0.1) is 5.82 Å². The fourth-order valence-electron chi connectivity index (χ4n) is 2.40. The van der Waals surface area contributed by atoms with Gasteiger partial charge in [-0.1, -0.05) is 12.1 Å². The second-order valence-electron chi connectivity index (χ2n) is 5.07. The number of H-pyrrole nitrogens is 1. The van der Waals surface area contributed by atoms with Gasteiger partial charge in [0.25, 0.3) is 0 Å². The lowest BCUT2D eigenvalue weighted by Gasteiger charge is -2.05. The fraction of sp³-hybridized carbons (Fsp3) is 0. The van der Waals surface area contributed by atoms with E-state index in [-0.39, 0.29) is 5.82 Å². The van der Waals surface area contributed by atoms with Gasteiger partial charge in [-0.3, -0.25) is 10.1 Å². The van der Waals surface area contributed by atoms with Gasteiger partial charge in [0.05, 0.1) is 5.39 Å². The largest absolute Gasteiger partial charge is 0.340 e. The molecule has 0 unspecified atom stereocenters. The second kappa shape index (κ2) is 5.49. The van der Waals surface area contributed by atoms with Crippen LogP contribution in [0.3, 0.4) is 0 Å². The summed E-state index contributed by atoms with van der Waals surface area (Å²) in [5.74, 6) is 0.372. The number of hydrogen-bond donors (Lipinski definition) is 2. The summed E-state index contributed by atoms with van der Waals surface area (Å²) in [5, 5.41) is 11.0. The predicted octanol–water partition coefficient (Wildman–Crippen LogP) is 3.90. The molecule has 0 saturated heterocycles. The number of rotatable bonds is 3. The first-order valence-electron chi connectivity index (χ1n) is 7.07. The highest BCUT2D eigenvalue weighted by molar-refractivity contribution is 5.91. The molecule has 4 rings (SSSR count). The van der Waals surface area contributed by atoms with Crippen molar-refractivity contribution in [2.45, 2.75) is 0 Å². The summed E-state index contributed by atoms with van der Waals surface area (Å²) in [6.07, 6.45) is 5.26. The molecule has 3 aromatic heterocycles. The van der Waals surface area contributed by atoms with E-state index < -0.39 is 0 Å². The number of aromatic amines is 1. The van der Waals surface area contributed by atoms with Crippen LogP contribution in [0.2, 0.25) is 0 Å². The molecule has 23 heavy (non-hydrogen) atoms. The molecule has 5 nitrogen and oxygen atoms in total. The van der Waals surface area contributed by atoms with Crippen LogP contribution in [0.4, 0.5) is 15.9 Å². The molecule has 0 aliphatic carbocycles. The third kappa shape index (κ3) is 2.62. The molecule has 6 heteroatoms. The van der Waals surface area contributed by atoms with E-state index in [1.54, 1.807) is 30.7 Å². The minimum Gasteiger partial charge on any atom is -0.340 e. The van der Waals surface area contributed by atoms with E-state index in [0.29, 0.717) is 17.2 Å². The molecule has 3 heterocycles. The second-order valence-corrected chi connectivity index (χ2v) is 5.07. The molecule has 4 aromatic rings. The van der Waals surface area contributed by atoms with E-state index in [2.05, 4.69) is 25.5 Å². The third-order valence-electron chi connectivity index (χ3n) is 3.50. The van der Waals surface area contributed by atoms with Gasteiger partial charge in [-0.2, -0.15) is 5.10 Å². The minimum atomic E-state index is -0.298. The van der Waals surface area contributed by atoms with Crippen molar-refractivity contribution >= 4 is 22.5 Å². The summed E-state index contributed by atoms with van der Waals surface area (Å²) in [6, 6.07) is 12.1. The van der Waals surface area contributed by atoms with Crippen LogP contribution in [0.5, 0.6) is 0 Å². The monoisotopic (exact) mass is 305 g/mol. The van der Waals surface area contributed by atoms with Crippen molar-refractivity contribution in [2.75, 3.05) is 5.32 Å². The first kappa shape index (κ1) is 13.4. The number of aromatic nitrogens is 4. The van der Waals surface area contributed by atoms with Crippen molar-refractivity contribution in [3.63, 3.8) is 0 Å². The minimum absolute atomic E-state index is 0.298. The number of pyridine rings is 2. The van der Waals surface area contributed by atoms with Crippen LogP contribution in [-0.4, -0.2) is 20.2 Å². The van der Waals surface area contributed by atoms with Crippen LogP contribution >= 0.6 is 0 Å². The zero-order valence-electron chi connectivity index (χ0n) is 12.0. The summed E-state index contributed by atoms with van der Waals surface area (Å²) >= 11 is 0. The SMILES string of the molecule is Fc1cccc(Nc2[nH]nc3ncc(-c4cccnc4)cc23)c1. The lowest BCUT2D eigenvalue weighted by molar-refractivity contribution is 0.628. The van der Waals surface area contributed by atoms with Gasteiger partial charge in [0, 0.05) is 35.4 Å². The summed E-state index contributed by atoms with van der Waals surface area (Å²) in [6.45, 7) is 0. The molecular weight excluding hydrogens is 293 g/mol. The number of anilines is 2. The Hall–Kier alpha value is -3.28. The number of nitrogens with zero attached hydrogens (tertiary/aromatic N) is 3. The fourth-order valence-corrected chi connectivity index (χ4v) is 2.40. The van der Waals surface area contributed by atoms with Crippen molar-refractivity contribution < 1.29 is 4.39 Å². The van der Waals surface area contributed by atoms with E-state index in [1.165, 1.54) is 12.1 Å². The molecule has 0 bridgehead atoms. The topological polar surface area (TPSA) is 66.5 Å². The van der Waals surface area contributed by atoms with Gasteiger partial charge >= 0.3 is 0 Å². The third-order valence-corrected chi connectivity index (χ3v) is 3.50. The maximum absolute atomic E-state index is 13.3. The van der Waals surface area contributed by atoms with E-state index in [9.17, 15) is 4.39 Å². The van der Waals surface area contributed by atoms with Crippen LogP contribution in [-0.2, 0) is 0 Å². The average molecular weight is 305 g/mol. The number of nitrogens with one attached hydrogen (secondary N) is 2. The smallest absolute Gasteiger partial charge is 0.183 e. The van der Waals surface area contributed by atoms with E-state index >= 15 is 0 Å². The molecule has 1 aromatic carbocycles. The van der Waals surface area contributed by atoms with Gasteiger partial charge in [-0.25, -0.2) is 9.37 Å². The molecule has 112 valence electrons. The maximum Gasteiger partial charge on any atom is 0.183 e. The first-order chi connectivity index (χ1) is 11.3. The standard InChI is InChI=1S/C17H12FN5/c18-13-4-1-5-14(8-13)21-17-15-7-12(10-20-16(15)22-23-17)11-3-2-6-19-9-11/h1-10H,(H2,20,21,22,23). The highest BCUT2D eigenvalue weighted by Gasteiger charge is 2.09. The lowest BCUT2D eigenvalue weighted by atomic mass is 10.1. The normalized spacial score (nSPS) is 10.8. The van der Waals surface area contributed by atoms with Crippen LogP contribution in [0.1, 0.15) is 0 Å². The molecule has 0 amide bonds. The highest BCUT2D eigenvalue weighted by Crippen LogP contribution is 2.27. The van der Waals surface area contributed by atoms with E-state index in [1.807, 2.05) is 18.2 Å². The molecule has 0 aliphatic rings. The van der Waals surface area contributed by atoms with Crippen molar-refractivity contribution in [2.24, 2.45) is 0 Å². The van der Waals surface area contributed by atoms with Gasteiger partial charge in [0.2, 0.25) is 0 Å². The Morgan fingerprint density at radius 2 is 1.96 bits per heavy atom. The Morgan fingerprint density at radius 3 is 2.78 bits per heavy atom. The molecular formula is C17H12FN5. The van der Waals surface area contributed by atoms with E-state index in [4.69, 9.17) is 0 Å². The predicted molar refractivity (Wildman–Crippen MR) is 86.8 cm³/mol.